The molecule has 0 saturated heterocycles. The van der Waals surface area contributed by atoms with Crippen LogP contribution < -0.4 is 5.32 Å². The minimum Gasteiger partial charge on any atom is -0.325 e. The predicted molar refractivity (Wildman–Crippen MR) is 81.5 cm³/mol. The summed E-state index contributed by atoms with van der Waals surface area (Å²) >= 11 is 1.41. The first kappa shape index (κ1) is 15.5. The van der Waals surface area contributed by atoms with Crippen molar-refractivity contribution in [2.24, 2.45) is 0 Å². The number of carbonyl (C=O) groups excluding carboxylic acids is 1. The molecule has 1 unspecified atom stereocenters. The Balaban J connectivity index is 1.98. The molecule has 0 bridgehead atoms. The van der Waals surface area contributed by atoms with Crippen molar-refractivity contribution in [1.82, 2.24) is 0 Å². The van der Waals surface area contributed by atoms with Gasteiger partial charge < -0.3 is 5.32 Å². The molecule has 21 heavy (non-hydrogen) atoms. The smallest absolute Gasteiger partial charge is 0.237 e. The van der Waals surface area contributed by atoms with Crippen LogP contribution in [0.1, 0.15) is 12.5 Å². The Morgan fingerprint density at radius 3 is 2.38 bits per heavy atom. The van der Waals surface area contributed by atoms with Crippen molar-refractivity contribution in [2.75, 3.05) is 5.32 Å². The Morgan fingerprint density at radius 2 is 1.76 bits per heavy atom. The quantitative estimate of drug-likeness (QED) is 0.849. The number of thioether (sulfide) groups is 1. The zero-order chi connectivity index (χ0) is 15.4. The van der Waals surface area contributed by atoms with Crippen LogP contribution >= 0.6 is 11.8 Å². The summed E-state index contributed by atoms with van der Waals surface area (Å²) in [5, 5.41) is 2.23. The Morgan fingerprint density at radius 1 is 1.10 bits per heavy atom. The summed E-state index contributed by atoms with van der Waals surface area (Å²) in [6.45, 7) is 3.76. The highest BCUT2D eigenvalue weighted by Gasteiger charge is 2.15. The second kappa shape index (κ2) is 6.72. The van der Waals surface area contributed by atoms with Crippen LogP contribution in [-0.2, 0) is 4.79 Å². The van der Waals surface area contributed by atoms with Crippen molar-refractivity contribution in [2.45, 2.75) is 24.0 Å². The number of anilines is 1. The molecule has 2 aromatic carbocycles. The van der Waals surface area contributed by atoms with E-state index in [0.29, 0.717) is 0 Å². The summed E-state index contributed by atoms with van der Waals surface area (Å²) in [5.41, 5.74) is 1.40. The van der Waals surface area contributed by atoms with Crippen LogP contribution in [0.4, 0.5) is 14.5 Å². The summed E-state index contributed by atoms with van der Waals surface area (Å²) < 4.78 is 25.9. The van der Waals surface area contributed by atoms with Crippen molar-refractivity contribution in [1.29, 1.82) is 0 Å². The van der Waals surface area contributed by atoms with E-state index in [1.54, 1.807) is 6.92 Å². The lowest BCUT2D eigenvalue weighted by molar-refractivity contribution is -0.115. The molecule has 0 aliphatic carbocycles. The van der Waals surface area contributed by atoms with E-state index in [4.69, 9.17) is 0 Å². The minimum atomic E-state index is -0.980. The molecule has 2 rings (SSSR count). The molecule has 5 heteroatoms. The lowest BCUT2D eigenvalue weighted by Gasteiger charge is -2.12. The van der Waals surface area contributed by atoms with Gasteiger partial charge in [-0.05, 0) is 38.1 Å². The van der Waals surface area contributed by atoms with Gasteiger partial charge in [0.2, 0.25) is 5.91 Å². The molecule has 0 spiro atoms. The van der Waals surface area contributed by atoms with Gasteiger partial charge in [-0.2, -0.15) is 0 Å². The van der Waals surface area contributed by atoms with Crippen LogP contribution in [0.15, 0.2) is 47.4 Å². The number of amides is 1. The maximum Gasteiger partial charge on any atom is 0.237 e. The number of aryl methyl sites for hydroxylation is 1. The van der Waals surface area contributed by atoms with Gasteiger partial charge in [0.05, 0.1) is 5.25 Å². The van der Waals surface area contributed by atoms with Crippen LogP contribution in [0.5, 0.6) is 0 Å². The Bertz CT molecular complexity index is 643. The van der Waals surface area contributed by atoms with Gasteiger partial charge in [0.25, 0.3) is 0 Å². The lowest BCUT2D eigenvalue weighted by Crippen LogP contribution is -2.22. The van der Waals surface area contributed by atoms with Crippen LogP contribution in [-0.4, -0.2) is 11.2 Å². The zero-order valence-electron chi connectivity index (χ0n) is 11.7. The van der Waals surface area contributed by atoms with Gasteiger partial charge in [-0.15, -0.1) is 11.8 Å². The fourth-order valence-electron chi connectivity index (χ4n) is 1.69. The first-order valence-corrected chi connectivity index (χ1v) is 7.33. The van der Waals surface area contributed by atoms with E-state index >= 15 is 0 Å². The molecule has 0 fully saturated rings. The Kier molecular flexibility index (Phi) is 4.96. The van der Waals surface area contributed by atoms with Crippen molar-refractivity contribution < 1.29 is 13.6 Å². The van der Waals surface area contributed by atoms with Crippen LogP contribution in [0.25, 0.3) is 0 Å². The van der Waals surface area contributed by atoms with Gasteiger partial charge >= 0.3 is 0 Å². The molecule has 1 amide bonds. The third kappa shape index (κ3) is 4.29. The molecule has 0 saturated carbocycles. The van der Waals surface area contributed by atoms with E-state index in [0.717, 1.165) is 22.6 Å². The Hall–Kier alpha value is -1.88. The molecule has 110 valence electrons. The molecule has 0 aliphatic heterocycles. The fourth-order valence-corrected chi connectivity index (χ4v) is 2.56. The van der Waals surface area contributed by atoms with E-state index in [-0.39, 0.29) is 16.8 Å². The molecule has 1 N–H and O–H groups in total. The highest BCUT2D eigenvalue weighted by molar-refractivity contribution is 8.00. The largest absolute Gasteiger partial charge is 0.325 e. The molecule has 0 aromatic heterocycles. The lowest BCUT2D eigenvalue weighted by atomic mass is 10.2. The average molecular weight is 307 g/mol. The van der Waals surface area contributed by atoms with Crippen molar-refractivity contribution in [3.05, 3.63) is 59.7 Å². The summed E-state index contributed by atoms with van der Waals surface area (Å²) in [5.74, 6) is -2.17. The maximum atomic E-state index is 13.1. The van der Waals surface area contributed by atoms with Crippen LogP contribution in [0.3, 0.4) is 0 Å². The molecule has 2 aromatic rings. The number of halogens is 2. The van der Waals surface area contributed by atoms with Gasteiger partial charge in [-0.3, -0.25) is 4.79 Å². The first-order chi connectivity index (χ1) is 9.95. The summed E-state index contributed by atoms with van der Waals surface area (Å²) in [7, 11) is 0. The molecule has 0 heterocycles. The van der Waals surface area contributed by atoms with E-state index in [1.165, 1.54) is 17.8 Å². The SMILES string of the molecule is Cc1ccc(SC(C)C(=O)Nc2ccc(F)c(F)c2)cc1. The summed E-state index contributed by atoms with van der Waals surface area (Å²) in [6.07, 6.45) is 0. The third-order valence-electron chi connectivity index (χ3n) is 2.89. The number of rotatable bonds is 4. The van der Waals surface area contributed by atoms with Gasteiger partial charge in [-0.25, -0.2) is 8.78 Å². The van der Waals surface area contributed by atoms with E-state index in [9.17, 15) is 13.6 Å². The summed E-state index contributed by atoms with van der Waals surface area (Å²) in [6, 6.07) is 11.1. The summed E-state index contributed by atoms with van der Waals surface area (Å²) in [4.78, 5) is 13.0. The van der Waals surface area contributed by atoms with E-state index < -0.39 is 11.6 Å². The number of hydrogen-bond donors (Lipinski definition) is 1. The van der Waals surface area contributed by atoms with Gasteiger partial charge in [0.1, 0.15) is 0 Å². The van der Waals surface area contributed by atoms with E-state index in [2.05, 4.69) is 5.32 Å². The van der Waals surface area contributed by atoms with Crippen LogP contribution in [0.2, 0.25) is 0 Å². The molecular weight excluding hydrogens is 292 g/mol. The molecule has 2 nitrogen and oxygen atoms in total. The normalized spacial score (nSPS) is 12.0. The van der Waals surface area contributed by atoms with Crippen LogP contribution in [0, 0.1) is 18.6 Å². The number of hydrogen-bond acceptors (Lipinski definition) is 2. The molecule has 1 atom stereocenters. The highest BCUT2D eigenvalue weighted by atomic mass is 32.2. The number of nitrogens with one attached hydrogen (secondary N) is 1. The van der Waals surface area contributed by atoms with Crippen molar-refractivity contribution >= 4 is 23.4 Å². The fraction of sp³-hybridized carbons (Fsp3) is 0.188. The second-order valence-corrected chi connectivity index (χ2v) is 6.11. The molecule has 0 aliphatic rings. The van der Waals surface area contributed by atoms with Crippen molar-refractivity contribution in [3.8, 4) is 0 Å². The second-order valence-electron chi connectivity index (χ2n) is 4.69. The first-order valence-electron chi connectivity index (χ1n) is 6.45. The standard InChI is InChI=1S/C16H15F2NOS/c1-10-3-6-13(7-4-10)21-11(2)16(20)19-12-5-8-14(17)15(18)9-12/h3-9,11H,1-2H3,(H,19,20). The van der Waals surface area contributed by atoms with Crippen molar-refractivity contribution in [3.63, 3.8) is 0 Å². The number of benzene rings is 2. The van der Waals surface area contributed by atoms with Gasteiger partial charge in [-0.1, -0.05) is 17.7 Å². The topological polar surface area (TPSA) is 29.1 Å². The van der Waals surface area contributed by atoms with Gasteiger partial charge in [0.15, 0.2) is 11.6 Å². The minimum absolute atomic E-state index is 0.246. The van der Waals surface area contributed by atoms with Gasteiger partial charge in [0, 0.05) is 16.6 Å². The highest BCUT2D eigenvalue weighted by Crippen LogP contribution is 2.24. The molecular formula is C16H15F2NOS. The third-order valence-corrected chi connectivity index (χ3v) is 4.00. The predicted octanol–water partition coefficient (Wildman–Crippen LogP) is 4.39. The Labute approximate surface area is 126 Å². The monoisotopic (exact) mass is 307 g/mol. The molecule has 0 radical (unpaired) electrons. The zero-order valence-corrected chi connectivity index (χ0v) is 12.5. The number of carbonyl (C=O) groups is 1. The maximum absolute atomic E-state index is 13.1. The average Bonchev–Trinajstić information content (AvgIpc) is 2.45. The van der Waals surface area contributed by atoms with E-state index in [1.807, 2.05) is 31.2 Å².